The van der Waals surface area contributed by atoms with E-state index in [-0.39, 0.29) is 17.7 Å². The maximum atomic E-state index is 11.9. The molecule has 0 radical (unpaired) electrons. The summed E-state index contributed by atoms with van der Waals surface area (Å²) in [4.78, 5) is 25.1. The van der Waals surface area contributed by atoms with E-state index in [4.69, 9.17) is 0 Å². The molecule has 3 nitrogen and oxygen atoms in total. The molecule has 0 fully saturated rings. The lowest BCUT2D eigenvalue weighted by atomic mass is 10.1. The molecule has 104 valence electrons. The SMILES string of the molecule is COC(=O)c1ccc(-c2ccc(C(=O)C(C)C)s2)cc1. The van der Waals surface area contributed by atoms with Crippen LogP contribution in [0.15, 0.2) is 36.4 Å². The predicted octanol–water partition coefficient (Wildman–Crippen LogP) is 4.04. The normalized spacial score (nSPS) is 10.6. The number of Topliss-reactive ketones (excluding diaryl/α,β-unsaturated/α-hetero) is 1. The molecule has 0 aliphatic rings. The Balaban J connectivity index is 2.24. The van der Waals surface area contributed by atoms with Gasteiger partial charge in [-0.2, -0.15) is 0 Å². The summed E-state index contributed by atoms with van der Waals surface area (Å²) in [5.41, 5.74) is 1.51. The van der Waals surface area contributed by atoms with E-state index in [0.29, 0.717) is 5.56 Å². The second kappa shape index (κ2) is 6.01. The van der Waals surface area contributed by atoms with Gasteiger partial charge in [-0.3, -0.25) is 4.79 Å². The summed E-state index contributed by atoms with van der Waals surface area (Å²) < 4.78 is 4.66. The largest absolute Gasteiger partial charge is 0.465 e. The molecule has 0 aliphatic heterocycles. The van der Waals surface area contributed by atoms with Crippen LogP contribution in [0.1, 0.15) is 33.9 Å². The molecule has 0 N–H and O–H groups in total. The smallest absolute Gasteiger partial charge is 0.337 e. The number of thiophene rings is 1. The van der Waals surface area contributed by atoms with Gasteiger partial charge in [0.15, 0.2) is 5.78 Å². The monoisotopic (exact) mass is 288 g/mol. The van der Waals surface area contributed by atoms with Crippen LogP contribution in [-0.4, -0.2) is 18.9 Å². The Morgan fingerprint density at radius 3 is 2.25 bits per heavy atom. The van der Waals surface area contributed by atoms with Crippen LogP contribution < -0.4 is 0 Å². The number of methoxy groups -OCH3 is 1. The Hall–Kier alpha value is -1.94. The molecule has 0 saturated carbocycles. The minimum Gasteiger partial charge on any atom is -0.465 e. The van der Waals surface area contributed by atoms with Gasteiger partial charge in [0.05, 0.1) is 17.6 Å². The van der Waals surface area contributed by atoms with Crippen LogP contribution in [0.3, 0.4) is 0 Å². The molecule has 1 aromatic carbocycles. The third-order valence-corrected chi connectivity index (χ3v) is 4.11. The van der Waals surface area contributed by atoms with E-state index in [0.717, 1.165) is 15.3 Å². The van der Waals surface area contributed by atoms with E-state index in [2.05, 4.69) is 4.74 Å². The molecular weight excluding hydrogens is 272 g/mol. The lowest BCUT2D eigenvalue weighted by Gasteiger charge is -2.01. The van der Waals surface area contributed by atoms with E-state index < -0.39 is 0 Å². The van der Waals surface area contributed by atoms with Gasteiger partial charge in [0.2, 0.25) is 0 Å². The van der Waals surface area contributed by atoms with Crippen LogP contribution in [0, 0.1) is 5.92 Å². The number of esters is 1. The molecule has 0 saturated heterocycles. The predicted molar refractivity (Wildman–Crippen MR) is 80.3 cm³/mol. The van der Waals surface area contributed by atoms with Crippen molar-refractivity contribution >= 4 is 23.1 Å². The molecule has 1 aromatic heterocycles. The molecule has 0 bridgehead atoms. The van der Waals surface area contributed by atoms with Crippen molar-refractivity contribution < 1.29 is 14.3 Å². The molecule has 2 rings (SSSR count). The quantitative estimate of drug-likeness (QED) is 0.630. The van der Waals surface area contributed by atoms with Crippen LogP contribution in [0.5, 0.6) is 0 Å². The fraction of sp³-hybridized carbons (Fsp3) is 0.250. The van der Waals surface area contributed by atoms with Crippen LogP contribution in [0.2, 0.25) is 0 Å². The highest BCUT2D eigenvalue weighted by atomic mass is 32.1. The van der Waals surface area contributed by atoms with Gasteiger partial charge in [0.25, 0.3) is 0 Å². The van der Waals surface area contributed by atoms with Crippen molar-refractivity contribution in [2.75, 3.05) is 7.11 Å². The molecule has 20 heavy (non-hydrogen) atoms. The van der Waals surface area contributed by atoms with E-state index in [1.54, 1.807) is 12.1 Å². The molecule has 0 atom stereocenters. The van der Waals surface area contributed by atoms with Crippen molar-refractivity contribution in [3.05, 3.63) is 46.8 Å². The van der Waals surface area contributed by atoms with Gasteiger partial charge in [0.1, 0.15) is 0 Å². The Morgan fingerprint density at radius 2 is 1.70 bits per heavy atom. The van der Waals surface area contributed by atoms with E-state index in [9.17, 15) is 9.59 Å². The van der Waals surface area contributed by atoms with Gasteiger partial charge in [0, 0.05) is 10.8 Å². The van der Waals surface area contributed by atoms with Crippen molar-refractivity contribution in [1.29, 1.82) is 0 Å². The van der Waals surface area contributed by atoms with Gasteiger partial charge in [-0.25, -0.2) is 4.79 Å². The van der Waals surface area contributed by atoms with Crippen LogP contribution in [0.25, 0.3) is 10.4 Å². The highest BCUT2D eigenvalue weighted by molar-refractivity contribution is 7.17. The van der Waals surface area contributed by atoms with Crippen LogP contribution in [-0.2, 0) is 4.74 Å². The van der Waals surface area contributed by atoms with E-state index in [1.165, 1.54) is 18.4 Å². The summed E-state index contributed by atoms with van der Waals surface area (Å²) in [5.74, 6) is -0.186. The summed E-state index contributed by atoms with van der Waals surface area (Å²) in [6, 6.07) is 11.0. The molecular formula is C16H16O3S. The maximum Gasteiger partial charge on any atom is 0.337 e. The van der Waals surface area contributed by atoms with Crippen molar-refractivity contribution in [3.8, 4) is 10.4 Å². The second-order valence-electron chi connectivity index (χ2n) is 4.75. The highest BCUT2D eigenvalue weighted by Crippen LogP contribution is 2.29. The average Bonchev–Trinajstić information content (AvgIpc) is 2.95. The molecule has 0 aliphatic carbocycles. The zero-order valence-electron chi connectivity index (χ0n) is 11.7. The highest BCUT2D eigenvalue weighted by Gasteiger charge is 2.14. The number of rotatable bonds is 4. The second-order valence-corrected chi connectivity index (χ2v) is 5.84. The van der Waals surface area contributed by atoms with Crippen molar-refractivity contribution in [1.82, 2.24) is 0 Å². The number of benzene rings is 1. The standard InChI is InChI=1S/C16H16O3S/c1-10(2)15(17)14-9-8-13(20-14)11-4-6-12(7-5-11)16(18)19-3/h4-10H,1-3H3. The average molecular weight is 288 g/mol. The molecule has 1 heterocycles. The summed E-state index contributed by atoms with van der Waals surface area (Å²) >= 11 is 1.48. The van der Waals surface area contributed by atoms with Crippen molar-refractivity contribution in [2.24, 2.45) is 5.92 Å². The first-order valence-electron chi connectivity index (χ1n) is 6.35. The number of ether oxygens (including phenoxy) is 1. The van der Waals surface area contributed by atoms with E-state index in [1.807, 2.05) is 38.1 Å². The first-order chi connectivity index (χ1) is 9.52. The van der Waals surface area contributed by atoms with Crippen LogP contribution in [0.4, 0.5) is 0 Å². The lowest BCUT2D eigenvalue weighted by Crippen LogP contribution is -2.04. The third kappa shape index (κ3) is 2.96. The lowest BCUT2D eigenvalue weighted by molar-refractivity contribution is 0.0600. The minimum atomic E-state index is -0.349. The van der Waals surface area contributed by atoms with E-state index >= 15 is 0 Å². The first kappa shape index (κ1) is 14.5. The molecule has 2 aromatic rings. The summed E-state index contributed by atoms with van der Waals surface area (Å²) in [6.45, 7) is 3.79. The number of hydrogen-bond donors (Lipinski definition) is 0. The Kier molecular flexibility index (Phi) is 4.35. The van der Waals surface area contributed by atoms with Gasteiger partial charge in [-0.1, -0.05) is 26.0 Å². The Morgan fingerprint density at radius 1 is 1.05 bits per heavy atom. The number of carbonyl (C=O) groups excluding carboxylic acids is 2. The molecule has 0 spiro atoms. The fourth-order valence-corrected chi connectivity index (χ4v) is 2.90. The summed E-state index contributed by atoms with van der Waals surface area (Å²) in [5, 5.41) is 0. The van der Waals surface area contributed by atoms with Gasteiger partial charge in [-0.05, 0) is 29.8 Å². The Labute approximate surface area is 122 Å². The van der Waals surface area contributed by atoms with Crippen molar-refractivity contribution in [2.45, 2.75) is 13.8 Å². The first-order valence-corrected chi connectivity index (χ1v) is 7.17. The number of ketones is 1. The maximum absolute atomic E-state index is 11.9. The zero-order valence-corrected chi connectivity index (χ0v) is 12.5. The minimum absolute atomic E-state index is 0.00296. The molecule has 0 amide bonds. The fourth-order valence-electron chi connectivity index (χ4n) is 1.80. The van der Waals surface area contributed by atoms with Crippen molar-refractivity contribution in [3.63, 3.8) is 0 Å². The summed E-state index contributed by atoms with van der Waals surface area (Å²) in [6.07, 6.45) is 0. The Bertz CT molecular complexity index is 623. The third-order valence-electron chi connectivity index (χ3n) is 2.96. The molecule has 4 heteroatoms. The van der Waals surface area contributed by atoms with Gasteiger partial charge in [-0.15, -0.1) is 11.3 Å². The van der Waals surface area contributed by atoms with Gasteiger partial charge >= 0.3 is 5.97 Å². The summed E-state index contributed by atoms with van der Waals surface area (Å²) in [7, 11) is 1.36. The number of carbonyl (C=O) groups is 2. The topological polar surface area (TPSA) is 43.4 Å². The van der Waals surface area contributed by atoms with Crippen LogP contribution >= 0.6 is 11.3 Å². The zero-order chi connectivity index (χ0) is 14.7. The number of hydrogen-bond acceptors (Lipinski definition) is 4. The van der Waals surface area contributed by atoms with Gasteiger partial charge < -0.3 is 4.74 Å². The molecule has 0 unspecified atom stereocenters.